The van der Waals surface area contributed by atoms with Crippen LogP contribution in [0.3, 0.4) is 0 Å². The number of carbonyl (C=O) groups excluding carboxylic acids is 3. The van der Waals surface area contributed by atoms with E-state index >= 15 is 0 Å². The van der Waals surface area contributed by atoms with Crippen LogP contribution in [0.1, 0.15) is 25.0 Å². The maximum atomic E-state index is 14.1. The maximum Gasteiger partial charge on any atom is 0.491 e. The van der Waals surface area contributed by atoms with E-state index in [0.717, 1.165) is 0 Å². The number of hydrogen-bond donors (Lipinski definition) is 4. The fourth-order valence-electron chi connectivity index (χ4n) is 4.54. The molecule has 0 radical (unpaired) electrons. The zero-order valence-corrected chi connectivity index (χ0v) is 26.6. The summed E-state index contributed by atoms with van der Waals surface area (Å²) in [4.78, 5) is 42.0. The van der Waals surface area contributed by atoms with Gasteiger partial charge >= 0.3 is 12.1 Å². The molecule has 1 aromatic heterocycles. The molecule has 0 saturated carbocycles. The third-order valence-electron chi connectivity index (χ3n) is 6.68. The van der Waals surface area contributed by atoms with Crippen molar-refractivity contribution in [3.8, 4) is 0 Å². The SMILES string of the molecule is CCS(=O)(=O)c1ccc(NC(C)=O)cc1CNC(=O)C(Nc1ccc2c(N)nccc2c1)(OC(=O)C(F)(F)F)c1cccc(Br)c1. The molecule has 3 aromatic carbocycles. The summed E-state index contributed by atoms with van der Waals surface area (Å²) < 4.78 is 72.1. The van der Waals surface area contributed by atoms with Crippen LogP contribution in [0.4, 0.5) is 30.4 Å². The highest BCUT2D eigenvalue weighted by Gasteiger charge is 2.52. The molecular weight excluding hydrogens is 695 g/mol. The standard InChI is InChI=1S/C30H27BrF3N5O6S/c1-3-46(43,44)25-10-8-22(38-17(2)40)14-19(25)16-37-27(41)29(45-28(42)30(32,33)34,20-5-4-6-21(31)15-20)39-23-7-9-24-18(13-23)11-12-36-26(24)35/h4-15,39H,3,16H2,1-2H3,(H2,35,36)(H,37,41)(H,38,40). The molecule has 1 unspecified atom stereocenters. The quantitative estimate of drug-likeness (QED) is 0.130. The summed E-state index contributed by atoms with van der Waals surface area (Å²) in [5.41, 5.74) is 3.15. The average molecular weight is 723 g/mol. The summed E-state index contributed by atoms with van der Waals surface area (Å²) in [6, 6.07) is 15.4. The van der Waals surface area contributed by atoms with Crippen molar-refractivity contribution in [3.63, 3.8) is 0 Å². The van der Waals surface area contributed by atoms with Crippen LogP contribution in [0.5, 0.6) is 0 Å². The van der Waals surface area contributed by atoms with Gasteiger partial charge in [-0.3, -0.25) is 9.59 Å². The minimum absolute atomic E-state index is 0.0143. The Morgan fingerprint density at radius 1 is 1.00 bits per heavy atom. The van der Waals surface area contributed by atoms with Crippen LogP contribution in [0.15, 0.2) is 82.3 Å². The van der Waals surface area contributed by atoms with Gasteiger partial charge in [0.15, 0.2) is 9.84 Å². The Morgan fingerprint density at radius 2 is 1.72 bits per heavy atom. The molecule has 4 rings (SSSR count). The monoisotopic (exact) mass is 721 g/mol. The average Bonchev–Trinajstić information content (AvgIpc) is 2.98. The van der Waals surface area contributed by atoms with Crippen molar-refractivity contribution < 1.29 is 40.7 Å². The molecule has 2 amide bonds. The highest BCUT2D eigenvalue weighted by atomic mass is 79.9. The van der Waals surface area contributed by atoms with Crippen LogP contribution in [0, 0.1) is 0 Å². The largest absolute Gasteiger partial charge is 0.491 e. The highest BCUT2D eigenvalue weighted by molar-refractivity contribution is 9.10. The molecule has 0 saturated heterocycles. The molecule has 5 N–H and O–H groups in total. The zero-order chi connectivity index (χ0) is 33.9. The molecule has 1 heterocycles. The number of pyridine rings is 1. The normalized spacial score (nSPS) is 13.0. The van der Waals surface area contributed by atoms with E-state index in [1.165, 1.54) is 74.6 Å². The Labute approximate surface area is 269 Å². The topological polar surface area (TPSA) is 170 Å². The van der Waals surface area contributed by atoms with Crippen LogP contribution in [0.25, 0.3) is 10.8 Å². The molecule has 242 valence electrons. The van der Waals surface area contributed by atoms with Crippen LogP contribution >= 0.6 is 15.9 Å². The molecule has 0 aliphatic rings. The first-order valence-electron chi connectivity index (χ1n) is 13.5. The number of nitrogens with two attached hydrogens (primary N) is 1. The number of aromatic nitrogens is 1. The number of nitrogens with zero attached hydrogens (tertiary/aromatic N) is 1. The number of alkyl halides is 3. The van der Waals surface area contributed by atoms with Gasteiger partial charge in [0.05, 0.1) is 10.6 Å². The molecular formula is C30H27BrF3N5O6S. The Morgan fingerprint density at radius 3 is 2.37 bits per heavy atom. The lowest BCUT2D eigenvalue weighted by molar-refractivity contribution is -0.213. The Hall–Kier alpha value is -4.70. The maximum absolute atomic E-state index is 14.1. The minimum Gasteiger partial charge on any atom is -0.418 e. The summed E-state index contributed by atoms with van der Waals surface area (Å²) >= 11 is 3.23. The summed E-state index contributed by atoms with van der Waals surface area (Å²) in [6.07, 6.45) is -4.09. The van der Waals surface area contributed by atoms with Gasteiger partial charge in [0.25, 0.3) is 11.6 Å². The van der Waals surface area contributed by atoms with Crippen LogP contribution in [-0.4, -0.2) is 43.1 Å². The van der Waals surface area contributed by atoms with Gasteiger partial charge < -0.3 is 26.4 Å². The van der Waals surface area contributed by atoms with Gasteiger partial charge in [-0.25, -0.2) is 18.2 Å². The first-order valence-corrected chi connectivity index (χ1v) is 15.9. The lowest BCUT2D eigenvalue weighted by Gasteiger charge is -2.34. The number of amides is 2. The molecule has 0 bridgehead atoms. The van der Waals surface area contributed by atoms with E-state index in [1.807, 2.05) is 0 Å². The number of fused-ring (bicyclic) bond motifs is 1. The van der Waals surface area contributed by atoms with E-state index < -0.39 is 46.1 Å². The second-order valence-electron chi connectivity index (χ2n) is 9.93. The Bertz CT molecular complexity index is 1940. The van der Waals surface area contributed by atoms with Gasteiger partial charge in [-0.15, -0.1) is 0 Å². The molecule has 1 atom stereocenters. The number of rotatable bonds is 10. The van der Waals surface area contributed by atoms with Crippen molar-refractivity contribution in [1.29, 1.82) is 0 Å². The van der Waals surface area contributed by atoms with Gasteiger partial charge in [0.1, 0.15) is 5.82 Å². The molecule has 46 heavy (non-hydrogen) atoms. The summed E-state index contributed by atoms with van der Waals surface area (Å²) in [7, 11) is -3.86. The van der Waals surface area contributed by atoms with Crippen molar-refractivity contribution in [3.05, 3.63) is 88.5 Å². The van der Waals surface area contributed by atoms with Gasteiger partial charge in [-0.2, -0.15) is 13.2 Å². The summed E-state index contributed by atoms with van der Waals surface area (Å²) in [5.74, 6) is -4.52. The molecule has 11 nitrogen and oxygen atoms in total. The van der Waals surface area contributed by atoms with Crippen molar-refractivity contribution >= 4 is 71.5 Å². The van der Waals surface area contributed by atoms with Gasteiger partial charge in [0.2, 0.25) is 5.91 Å². The second kappa shape index (κ2) is 13.3. The summed E-state index contributed by atoms with van der Waals surface area (Å²) in [6.45, 7) is 2.09. The van der Waals surface area contributed by atoms with Gasteiger partial charge in [-0.1, -0.05) is 35.0 Å². The molecule has 0 spiro atoms. The molecule has 0 aliphatic heterocycles. The molecule has 4 aromatic rings. The lowest BCUT2D eigenvalue weighted by Crippen LogP contribution is -2.54. The second-order valence-corrected chi connectivity index (χ2v) is 13.1. The minimum atomic E-state index is -5.50. The lowest BCUT2D eigenvalue weighted by atomic mass is 9.99. The zero-order valence-electron chi connectivity index (χ0n) is 24.2. The van der Waals surface area contributed by atoms with Crippen LogP contribution < -0.4 is 21.7 Å². The number of carbonyl (C=O) groups is 3. The fraction of sp³-hybridized carbons (Fsp3) is 0.200. The Kier molecular flexibility index (Phi) is 9.91. The Balaban J connectivity index is 1.86. The third kappa shape index (κ3) is 7.56. The van der Waals surface area contributed by atoms with E-state index in [0.29, 0.717) is 15.2 Å². The van der Waals surface area contributed by atoms with Crippen molar-refractivity contribution in [2.45, 2.75) is 37.2 Å². The number of benzene rings is 3. The highest BCUT2D eigenvalue weighted by Crippen LogP contribution is 2.35. The third-order valence-corrected chi connectivity index (χ3v) is 9.00. The predicted molar refractivity (Wildman–Crippen MR) is 168 cm³/mol. The number of nitrogen functional groups attached to an aromatic ring is 1. The van der Waals surface area contributed by atoms with E-state index in [4.69, 9.17) is 10.5 Å². The van der Waals surface area contributed by atoms with Crippen LogP contribution in [-0.2, 0) is 41.2 Å². The van der Waals surface area contributed by atoms with Crippen molar-refractivity contribution in [2.24, 2.45) is 0 Å². The van der Waals surface area contributed by atoms with E-state index in [1.54, 1.807) is 12.1 Å². The van der Waals surface area contributed by atoms with Gasteiger partial charge in [0, 0.05) is 46.5 Å². The number of nitrogens with one attached hydrogen (secondary N) is 3. The number of hydrogen-bond acceptors (Lipinski definition) is 9. The van der Waals surface area contributed by atoms with E-state index in [2.05, 4.69) is 36.9 Å². The number of anilines is 3. The first-order chi connectivity index (χ1) is 21.6. The molecule has 0 aliphatic carbocycles. The number of halogens is 4. The predicted octanol–water partition coefficient (Wildman–Crippen LogP) is 5.02. The number of sulfone groups is 1. The number of esters is 1. The van der Waals surface area contributed by atoms with Crippen molar-refractivity contribution in [2.75, 3.05) is 22.1 Å². The first kappa shape index (κ1) is 34.2. The number of ether oxygens (including phenoxy) is 1. The van der Waals surface area contributed by atoms with Gasteiger partial charge in [-0.05, 0) is 65.5 Å². The van der Waals surface area contributed by atoms with E-state index in [-0.39, 0.29) is 39.0 Å². The van der Waals surface area contributed by atoms with E-state index in [9.17, 15) is 36.0 Å². The summed E-state index contributed by atoms with van der Waals surface area (Å²) in [5, 5.41) is 8.63. The fourth-order valence-corrected chi connectivity index (χ4v) is 6.05. The molecule has 0 fully saturated rings. The van der Waals surface area contributed by atoms with Crippen molar-refractivity contribution in [1.82, 2.24) is 10.3 Å². The molecule has 16 heteroatoms. The smallest absolute Gasteiger partial charge is 0.418 e. The van der Waals surface area contributed by atoms with Crippen LogP contribution in [0.2, 0.25) is 0 Å².